The number of primary amides is 1. The Kier molecular flexibility index (Phi) is 3.10. The second kappa shape index (κ2) is 4.15. The first kappa shape index (κ1) is 12.7. The average molecular weight is 250 g/mol. The third-order valence-corrected chi connectivity index (χ3v) is 4.14. The summed E-state index contributed by atoms with van der Waals surface area (Å²) in [6, 6.07) is 0. The van der Waals surface area contributed by atoms with E-state index in [2.05, 4.69) is 0 Å². The molecule has 1 heterocycles. The normalized spacial score (nSPS) is 29.0. The molecular weight excluding hydrogens is 233 g/mol. The number of piperidine rings is 1. The molecule has 1 spiro atoms. The molecule has 0 aromatic carbocycles. The van der Waals surface area contributed by atoms with E-state index in [1.165, 1.54) is 0 Å². The Labute approximate surface area is 98.1 Å². The van der Waals surface area contributed by atoms with Crippen molar-refractivity contribution in [2.45, 2.75) is 31.9 Å². The van der Waals surface area contributed by atoms with Crippen LogP contribution in [0.15, 0.2) is 0 Å². The average Bonchev–Trinajstić information content (AvgIpc) is 2.12. The van der Waals surface area contributed by atoms with E-state index in [1.807, 2.05) is 0 Å². The first-order valence-corrected chi connectivity index (χ1v) is 5.91. The molecule has 0 bridgehead atoms. The fraction of sp³-hybridized carbons (Fsp3) is 0.909. The number of likely N-dealkylation sites (tertiary alicyclic amines) is 1. The van der Waals surface area contributed by atoms with Crippen molar-refractivity contribution in [3.63, 3.8) is 0 Å². The third-order valence-electron chi connectivity index (χ3n) is 4.14. The minimum atomic E-state index is -4.11. The van der Waals surface area contributed by atoms with Crippen LogP contribution >= 0.6 is 0 Å². The molecule has 1 saturated heterocycles. The summed E-state index contributed by atoms with van der Waals surface area (Å²) in [7, 11) is 0. The molecule has 2 N–H and O–H groups in total. The number of amides is 1. The van der Waals surface area contributed by atoms with E-state index in [9.17, 15) is 18.0 Å². The second-order valence-corrected chi connectivity index (χ2v) is 5.28. The lowest BCUT2D eigenvalue weighted by atomic mass is 9.58. The van der Waals surface area contributed by atoms with Crippen molar-refractivity contribution < 1.29 is 18.0 Å². The molecule has 1 saturated carbocycles. The topological polar surface area (TPSA) is 46.3 Å². The molecule has 2 aliphatic rings. The molecular formula is C11H17F3N2O. The Morgan fingerprint density at radius 3 is 2.47 bits per heavy atom. The van der Waals surface area contributed by atoms with Crippen LogP contribution in [-0.4, -0.2) is 36.6 Å². The standard InChI is InChI=1S/C11H17F3N2O/c12-11(13,14)8-2-5-16(6-9(15)17)7-10(8)3-1-4-10/h8H,1-7H2,(H2,15,17). The molecule has 1 unspecified atom stereocenters. The smallest absolute Gasteiger partial charge is 0.369 e. The quantitative estimate of drug-likeness (QED) is 0.807. The van der Waals surface area contributed by atoms with Crippen molar-refractivity contribution in [2.24, 2.45) is 17.1 Å². The zero-order valence-corrected chi connectivity index (χ0v) is 9.59. The van der Waals surface area contributed by atoms with E-state index >= 15 is 0 Å². The van der Waals surface area contributed by atoms with E-state index in [1.54, 1.807) is 4.90 Å². The van der Waals surface area contributed by atoms with Crippen LogP contribution < -0.4 is 5.73 Å². The molecule has 0 aromatic heterocycles. The number of alkyl halides is 3. The molecule has 2 rings (SSSR count). The molecule has 17 heavy (non-hydrogen) atoms. The van der Waals surface area contributed by atoms with Crippen molar-refractivity contribution in [3.8, 4) is 0 Å². The first-order valence-electron chi connectivity index (χ1n) is 5.91. The molecule has 6 heteroatoms. The summed E-state index contributed by atoms with van der Waals surface area (Å²) < 4.78 is 38.8. The van der Waals surface area contributed by atoms with Gasteiger partial charge in [0.15, 0.2) is 0 Å². The maximum atomic E-state index is 12.9. The number of carbonyl (C=O) groups excluding carboxylic acids is 1. The van der Waals surface area contributed by atoms with Gasteiger partial charge >= 0.3 is 6.18 Å². The zero-order chi connectivity index (χ0) is 12.7. The van der Waals surface area contributed by atoms with Crippen LogP contribution in [0.2, 0.25) is 0 Å². The Morgan fingerprint density at radius 1 is 1.41 bits per heavy atom. The number of rotatable bonds is 2. The Bertz CT molecular complexity index is 312. The summed E-state index contributed by atoms with van der Waals surface area (Å²) in [5.41, 5.74) is 4.44. The molecule has 1 aliphatic heterocycles. The number of carbonyl (C=O) groups is 1. The van der Waals surface area contributed by atoms with Crippen molar-refractivity contribution in [1.29, 1.82) is 0 Å². The van der Waals surface area contributed by atoms with Crippen molar-refractivity contribution in [2.75, 3.05) is 19.6 Å². The lowest BCUT2D eigenvalue weighted by Gasteiger charge is -2.54. The van der Waals surface area contributed by atoms with Crippen LogP contribution in [0.25, 0.3) is 0 Å². The number of hydrogen-bond acceptors (Lipinski definition) is 2. The minimum absolute atomic E-state index is 0.0757. The minimum Gasteiger partial charge on any atom is -0.369 e. The van der Waals surface area contributed by atoms with Crippen molar-refractivity contribution >= 4 is 5.91 Å². The van der Waals surface area contributed by atoms with Gasteiger partial charge in [-0.1, -0.05) is 6.42 Å². The molecule has 1 atom stereocenters. The SMILES string of the molecule is NC(=O)CN1CCC(C(F)(F)F)C2(CCC2)C1. The maximum absolute atomic E-state index is 12.9. The predicted octanol–water partition coefficient (Wildman–Crippen LogP) is 1.53. The van der Waals surface area contributed by atoms with E-state index in [4.69, 9.17) is 5.73 Å². The van der Waals surface area contributed by atoms with Crippen molar-refractivity contribution in [1.82, 2.24) is 4.90 Å². The second-order valence-electron chi connectivity index (χ2n) is 5.28. The zero-order valence-electron chi connectivity index (χ0n) is 9.59. The predicted molar refractivity (Wildman–Crippen MR) is 56.1 cm³/mol. The summed E-state index contributed by atoms with van der Waals surface area (Å²) in [6.45, 7) is 0.751. The van der Waals surface area contributed by atoms with Crippen LogP contribution in [0.3, 0.4) is 0 Å². The molecule has 3 nitrogen and oxygen atoms in total. The number of hydrogen-bond donors (Lipinski definition) is 1. The fourth-order valence-electron chi connectivity index (χ4n) is 3.26. The van der Waals surface area contributed by atoms with E-state index in [0.29, 0.717) is 25.9 Å². The van der Waals surface area contributed by atoms with Gasteiger partial charge in [0, 0.05) is 6.54 Å². The fourth-order valence-corrected chi connectivity index (χ4v) is 3.26. The van der Waals surface area contributed by atoms with Gasteiger partial charge in [0.1, 0.15) is 0 Å². The molecule has 0 aromatic rings. The van der Waals surface area contributed by atoms with Crippen LogP contribution in [0.5, 0.6) is 0 Å². The van der Waals surface area contributed by atoms with Gasteiger partial charge in [0.2, 0.25) is 5.91 Å². The first-order chi connectivity index (χ1) is 7.83. The van der Waals surface area contributed by atoms with Gasteiger partial charge in [-0.2, -0.15) is 13.2 Å². The van der Waals surface area contributed by atoms with Crippen LogP contribution in [0.4, 0.5) is 13.2 Å². The Balaban J connectivity index is 2.07. The molecule has 98 valence electrons. The number of nitrogens with zero attached hydrogens (tertiary/aromatic N) is 1. The highest BCUT2D eigenvalue weighted by Crippen LogP contribution is 2.56. The van der Waals surface area contributed by atoms with Gasteiger partial charge in [-0.25, -0.2) is 0 Å². The Morgan fingerprint density at radius 2 is 2.06 bits per heavy atom. The summed E-state index contributed by atoms with van der Waals surface area (Å²) >= 11 is 0. The highest BCUT2D eigenvalue weighted by atomic mass is 19.4. The maximum Gasteiger partial charge on any atom is 0.392 e. The molecule has 0 radical (unpaired) electrons. The van der Waals surface area contributed by atoms with Gasteiger partial charge in [0.05, 0.1) is 12.5 Å². The molecule has 2 fully saturated rings. The summed E-state index contributed by atoms with van der Waals surface area (Å²) in [4.78, 5) is 12.6. The summed E-state index contributed by atoms with van der Waals surface area (Å²) in [6.07, 6.45) is -1.92. The third kappa shape index (κ3) is 2.41. The largest absolute Gasteiger partial charge is 0.392 e. The number of nitrogens with two attached hydrogens (primary N) is 1. The Hall–Kier alpha value is -0.780. The van der Waals surface area contributed by atoms with Crippen LogP contribution in [0, 0.1) is 11.3 Å². The van der Waals surface area contributed by atoms with Crippen LogP contribution in [0.1, 0.15) is 25.7 Å². The van der Waals surface area contributed by atoms with Crippen molar-refractivity contribution in [3.05, 3.63) is 0 Å². The number of halogens is 3. The molecule has 1 aliphatic carbocycles. The monoisotopic (exact) mass is 250 g/mol. The van der Waals surface area contributed by atoms with E-state index in [-0.39, 0.29) is 13.0 Å². The highest BCUT2D eigenvalue weighted by molar-refractivity contribution is 5.75. The van der Waals surface area contributed by atoms with E-state index < -0.39 is 23.4 Å². The lowest BCUT2D eigenvalue weighted by Crippen LogP contribution is -2.57. The summed E-state index contributed by atoms with van der Waals surface area (Å²) in [5.74, 6) is -1.67. The van der Waals surface area contributed by atoms with Gasteiger partial charge in [-0.15, -0.1) is 0 Å². The van der Waals surface area contributed by atoms with Gasteiger partial charge in [-0.3, -0.25) is 9.69 Å². The molecule has 1 amide bonds. The van der Waals surface area contributed by atoms with Gasteiger partial charge in [0.25, 0.3) is 0 Å². The van der Waals surface area contributed by atoms with Crippen LogP contribution in [-0.2, 0) is 4.79 Å². The lowest BCUT2D eigenvalue weighted by molar-refractivity contribution is -0.237. The summed E-state index contributed by atoms with van der Waals surface area (Å²) in [5, 5.41) is 0. The highest BCUT2D eigenvalue weighted by Gasteiger charge is 2.57. The van der Waals surface area contributed by atoms with E-state index in [0.717, 1.165) is 6.42 Å². The van der Waals surface area contributed by atoms with Gasteiger partial charge in [-0.05, 0) is 31.2 Å². The van der Waals surface area contributed by atoms with Gasteiger partial charge < -0.3 is 5.73 Å².